The second-order valence-electron chi connectivity index (χ2n) is 7.42. The molecule has 0 saturated heterocycles. The number of anilines is 1. The number of benzene rings is 3. The average Bonchev–Trinajstić information content (AvgIpc) is 2.78. The third-order valence-corrected chi connectivity index (χ3v) is 5.58. The van der Waals surface area contributed by atoms with E-state index < -0.39 is 6.09 Å². The van der Waals surface area contributed by atoms with Crippen LogP contribution in [-0.4, -0.2) is 29.4 Å². The van der Waals surface area contributed by atoms with E-state index >= 15 is 0 Å². The predicted octanol–water partition coefficient (Wildman–Crippen LogP) is 5.20. The van der Waals surface area contributed by atoms with Crippen LogP contribution in [0.4, 0.5) is 10.5 Å². The van der Waals surface area contributed by atoms with E-state index in [9.17, 15) is 15.0 Å². The number of fused-ring (bicyclic) bond motifs is 1. The van der Waals surface area contributed by atoms with Crippen molar-refractivity contribution >= 4 is 35.8 Å². The Hall–Kier alpha value is -2.93. The molecule has 1 aliphatic rings. The number of amides is 1. The third-order valence-electron chi connectivity index (χ3n) is 5.33. The molecule has 0 aliphatic carbocycles. The van der Waals surface area contributed by atoms with Crippen molar-refractivity contribution < 1.29 is 19.7 Å². The van der Waals surface area contributed by atoms with E-state index in [1.807, 2.05) is 30.3 Å². The van der Waals surface area contributed by atoms with Crippen LogP contribution in [0, 0.1) is 0 Å². The largest absolute Gasteiger partial charge is 0.504 e. The van der Waals surface area contributed by atoms with E-state index in [-0.39, 0.29) is 43.1 Å². The van der Waals surface area contributed by atoms with E-state index in [1.165, 1.54) is 0 Å². The van der Waals surface area contributed by atoms with Gasteiger partial charge in [0.1, 0.15) is 6.61 Å². The quantitative estimate of drug-likeness (QED) is 0.442. The van der Waals surface area contributed by atoms with Crippen molar-refractivity contribution in [1.29, 1.82) is 0 Å². The number of phenols is 2. The molecule has 6 nitrogen and oxygen atoms in total. The SMILES string of the molecule is Cl.O=C(OCc1ccccc1)N(CC1NCCc2cc(O)c(O)cc21)c1ccc(Cl)cc1. The van der Waals surface area contributed by atoms with Gasteiger partial charge in [-0.05, 0) is 66.1 Å². The molecule has 4 rings (SSSR count). The molecule has 0 saturated carbocycles. The van der Waals surface area contributed by atoms with Gasteiger partial charge in [0.05, 0.1) is 6.04 Å². The number of hydrogen-bond acceptors (Lipinski definition) is 5. The molecule has 0 bridgehead atoms. The maximum absolute atomic E-state index is 13.1. The monoisotopic (exact) mass is 474 g/mol. The summed E-state index contributed by atoms with van der Waals surface area (Å²) in [7, 11) is 0. The first-order valence-electron chi connectivity index (χ1n) is 10.0. The third kappa shape index (κ3) is 5.46. The van der Waals surface area contributed by atoms with Gasteiger partial charge in [0.25, 0.3) is 0 Å². The van der Waals surface area contributed by atoms with Gasteiger partial charge in [0.15, 0.2) is 11.5 Å². The maximum Gasteiger partial charge on any atom is 0.414 e. The number of nitrogens with one attached hydrogen (secondary N) is 1. The summed E-state index contributed by atoms with van der Waals surface area (Å²) in [5.74, 6) is -0.326. The minimum absolute atomic E-state index is 0. The first-order valence-corrected chi connectivity index (χ1v) is 10.4. The predicted molar refractivity (Wildman–Crippen MR) is 127 cm³/mol. The van der Waals surface area contributed by atoms with E-state index in [0.29, 0.717) is 17.3 Å². The lowest BCUT2D eigenvalue weighted by molar-refractivity contribution is 0.146. The Morgan fingerprint density at radius 3 is 2.47 bits per heavy atom. The standard InChI is InChI=1S/C24H23ClN2O4.ClH/c25-18-6-8-19(9-7-18)27(24(30)31-15-16-4-2-1-3-5-16)14-21-20-13-23(29)22(28)12-17(20)10-11-26-21;/h1-9,12-13,21,26,28-29H,10-11,14-15H2;1H. The summed E-state index contributed by atoms with van der Waals surface area (Å²) in [6.45, 7) is 1.13. The maximum atomic E-state index is 13.1. The van der Waals surface area contributed by atoms with Gasteiger partial charge in [-0.25, -0.2) is 4.79 Å². The summed E-state index contributed by atoms with van der Waals surface area (Å²) in [4.78, 5) is 14.6. The molecule has 1 aliphatic heterocycles. The zero-order chi connectivity index (χ0) is 21.8. The van der Waals surface area contributed by atoms with Crippen molar-refractivity contribution in [1.82, 2.24) is 5.32 Å². The fraction of sp³-hybridized carbons (Fsp3) is 0.208. The number of halogens is 2. The molecule has 0 aromatic heterocycles. The van der Waals surface area contributed by atoms with Gasteiger partial charge in [-0.15, -0.1) is 12.4 Å². The highest BCUT2D eigenvalue weighted by Crippen LogP contribution is 2.34. The normalized spacial score (nSPS) is 14.7. The Morgan fingerprint density at radius 2 is 1.75 bits per heavy atom. The lowest BCUT2D eigenvalue weighted by Crippen LogP contribution is -2.42. The molecule has 32 heavy (non-hydrogen) atoms. The van der Waals surface area contributed by atoms with Crippen molar-refractivity contribution in [3.63, 3.8) is 0 Å². The van der Waals surface area contributed by atoms with Crippen LogP contribution in [0.15, 0.2) is 66.7 Å². The number of ether oxygens (including phenoxy) is 1. The molecule has 1 unspecified atom stereocenters. The van der Waals surface area contributed by atoms with Gasteiger partial charge in [0.2, 0.25) is 0 Å². The lowest BCUT2D eigenvalue weighted by atomic mass is 9.93. The summed E-state index contributed by atoms with van der Waals surface area (Å²) < 4.78 is 5.58. The van der Waals surface area contributed by atoms with Crippen LogP contribution in [-0.2, 0) is 17.8 Å². The number of aromatic hydroxyl groups is 2. The lowest BCUT2D eigenvalue weighted by Gasteiger charge is -2.32. The zero-order valence-corrected chi connectivity index (χ0v) is 18.8. The molecule has 0 fully saturated rings. The minimum atomic E-state index is -0.483. The molecule has 1 amide bonds. The molecular formula is C24H24Cl2N2O4. The van der Waals surface area contributed by atoms with E-state index in [1.54, 1.807) is 41.3 Å². The molecule has 0 radical (unpaired) electrons. The first kappa shape index (κ1) is 23.7. The van der Waals surface area contributed by atoms with Gasteiger partial charge in [-0.2, -0.15) is 0 Å². The van der Waals surface area contributed by atoms with Crippen molar-refractivity contribution in [2.24, 2.45) is 0 Å². The van der Waals surface area contributed by atoms with Crippen molar-refractivity contribution in [2.75, 3.05) is 18.0 Å². The summed E-state index contributed by atoms with van der Waals surface area (Å²) >= 11 is 6.03. The molecule has 3 N–H and O–H groups in total. The van der Waals surface area contributed by atoms with Crippen molar-refractivity contribution in [3.05, 3.63) is 88.4 Å². The Bertz CT molecular complexity index is 1060. The second-order valence-corrected chi connectivity index (χ2v) is 7.86. The van der Waals surface area contributed by atoms with Crippen LogP contribution >= 0.6 is 24.0 Å². The number of rotatable bonds is 5. The number of carbonyl (C=O) groups is 1. The van der Waals surface area contributed by atoms with Gasteiger partial charge in [0, 0.05) is 17.3 Å². The van der Waals surface area contributed by atoms with Crippen LogP contribution in [0.2, 0.25) is 5.02 Å². The van der Waals surface area contributed by atoms with Crippen LogP contribution in [0.5, 0.6) is 11.5 Å². The van der Waals surface area contributed by atoms with Gasteiger partial charge >= 0.3 is 6.09 Å². The molecular weight excluding hydrogens is 451 g/mol. The zero-order valence-electron chi connectivity index (χ0n) is 17.2. The Labute approximate surface area is 197 Å². The average molecular weight is 475 g/mol. The highest BCUT2D eigenvalue weighted by Gasteiger charge is 2.27. The number of phenolic OH excluding ortho intramolecular Hbond substituents is 2. The molecule has 0 spiro atoms. The van der Waals surface area contributed by atoms with Gasteiger partial charge in [-0.3, -0.25) is 4.90 Å². The molecule has 3 aromatic carbocycles. The Balaban J connectivity index is 0.00000289. The first-order chi connectivity index (χ1) is 15.0. The summed E-state index contributed by atoms with van der Waals surface area (Å²) in [6.07, 6.45) is 0.238. The summed E-state index contributed by atoms with van der Waals surface area (Å²) in [6, 6.07) is 19.4. The second kappa shape index (κ2) is 10.6. The molecule has 8 heteroatoms. The Kier molecular flexibility index (Phi) is 7.85. The van der Waals surface area contributed by atoms with Crippen LogP contribution in [0.25, 0.3) is 0 Å². The van der Waals surface area contributed by atoms with Crippen molar-refractivity contribution in [2.45, 2.75) is 19.1 Å². The molecule has 1 heterocycles. The topological polar surface area (TPSA) is 82.0 Å². The highest BCUT2D eigenvalue weighted by molar-refractivity contribution is 6.30. The van der Waals surface area contributed by atoms with E-state index in [0.717, 1.165) is 23.1 Å². The minimum Gasteiger partial charge on any atom is -0.504 e. The Morgan fingerprint density at radius 1 is 1.06 bits per heavy atom. The van der Waals surface area contributed by atoms with Gasteiger partial charge in [-0.1, -0.05) is 41.9 Å². The number of carbonyl (C=O) groups excluding carboxylic acids is 1. The molecule has 3 aromatic rings. The van der Waals surface area contributed by atoms with Crippen molar-refractivity contribution in [3.8, 4) is 11.5 Å². The number of hydrogen-bond donors (Lipinski definition) is 3. The molecule has 1 atom stereocenters. The van der Waals surface area contributed by atoms with E-state index in [4.69, 9.17) is 16.3 Å². The molecule has 168 valence electrons. The summed E-state index contributed by atoms with van der Waals surface area (Å²) in [5.41, 5.74) is 3.33. The fourth-order valence-electron chi connectivity index (χ4n) is 3.72. The fourth-order valence-corrected chi connectivity index (χ4v) is 3.84. The summed E-state index contributed by atoms with van der Waals surface area (Å²) in [5, 5.41) is 23.8. The smallest absolute Gasteiger partial charge is 0.414 e. The van der Waals surface area contributed by atoms with Crippen LogP contribution in [0.1, 0.15) is 22.7 Å². The van der Waals surface area contributed by atoms with Crippen LogP contribution < -0.4 is 10.2 Å². The van der Waals surface area contributed by atoms with E-state index in [2.05, 4.69) is 5.32 Å². The van der Waals surface area contributed by atoms with Gasteiger partial charge < -0.3 is 20.3 Å². The van der Waals surface area contributed by atoms with Crippen LogP contribution in [0.3, 0.4) is 0 Å². The number of nitrogens with zero attached hydrogens (tertiary/aromatic N) is 1. The highest BCUT2D eigenvalue weighted by atomic mass is 35.5.